The molecule has 58 valence electrons. The first-order valence-corrected chi connectivity index (χ1v) is 3.94. The fourth-order valence-electron chi connectivity index (χ4n) is 1.55. The third-order valence-corrected chi connectivity index (χ3v) is 2.54. The second-order valence-electron chi connectivity index (χ2n) is 3.86. The van der Waals surface area contributed by atoms with Crippen LogP contribution in [0.1, 0.15) is 26.7 Å². The van der Waals surface area contributed by atoms with Gasteiger partial charge in [0.05, 0.1) is 0 Å². The van der Waals surface area contributed by atoms with Crippen LogP contribution in [0.2, 0.25) is 0 Å². The number of piperidine rings is 1. The molecule has 0 amide bonds. The number of hydrogen-bond acceptors (Lipinski definition) is 1. The Labute approximate surface area is 63.7 Å². The van der Waals surface area contributed by atoms with Crippen molar-refractivity contribution in [3.8, 4) is 0 Å². The predicted octanol–water partition coefficient (Wildman–Crippen LogP) is 2.25. The topological polar surface area (TPSA) is 3.24 Å². The highest BCUT2D eigenvalue weighted by Crippen LogP contribution is 2.35. The summed E-state index contributed by atoms with van der Waals surface area (Å²) >= 11 is 0. The second-order valence-corrected chi connectivity index (χ2v) is 3.86. The van der Waals surface area contributed by atoms with Crippen molar-refractivity contribution in [2.45, 2.75) is 26.7 Å². The van der Waals surface area contributed by atoms with Crippen molar-refractivity contribution in [2.75, 3.05) is 13.6 Å². The van der Waals surface area contributed by atoms with E-state index in [1.807, 2.05) is 0 Å². The van der Waals surface area contributed by atoms with Gasteiger partial charge in [-0.1, -0.05) is 20.4 Å². The van der Waals surface area contributed by atoms with Crippen LogP contribution in [0.15, 0.2) is 12.3 Å². The van der Waals surface area contributed by atoms with E-state index in [0.29, 0.717) is 5.41 Å². The van der Waals surface area contributed by atoms with E-state index < -0.39 is 0 Å². The number of likely N-dealkylation sites (tertiary alicyclic amines) is 1. The minimum absolute atomic E-state index is 0.340. The van der Waals surface area contributed by atoms with Gasteiger partial charge in [-0.3, -0.25) is 0 Å². The van der Waals surface area contributed by atoms with Crippen molar-refractivity contribution in [3.63, 3.8) is 0 Å². The molecule has 10 heavy (non-hydrogen) atoms. The maximum atomic E-state index is 4.07. The van der Waals surface area contributed by atoms with Gasteiger partial charge in [0.1, 0.15) is 0 Å². The molecule has 1 rings (SSSR count). The van der Waals surface area contributed by atoms with E-state index in [9.17, 15) is 0 Å². The molecule has 0 aliphatic carbocycles. The smallest absolute Gasteiger partial charge is 0.0172 e. The summed E-state index contributed by atoms with van der Waals surface area (Å²) in [5.74, 6) is 0. The standard InChI is InChI=1S/C9H17N/c1-8-9(2,3)6-5-7-10(8)4/h1,5-7H2,2-4H3. The Morgan fingerprint density at radius 3 is 2.50 bits per heavy atom. The lowest BCUT2D eigenvalue weighted by atomic mass is 9.81. The summed E-state index contributed by atoms with van der Waals surface area (Å²) in [5, 5.41) is 0. The molecule has 0 unspecified atom stereocenters. The Kier molecular flexibility index (Phi) is 1.76. The van der Waals surface area contributed by atoms with Crippen molar-refractivity contribution < 1.29 is 0 Å². The maximum absolute atomic E-state index is 4.07. The third kappa shape index (κ3) is 1.18. The Balaban J connectivity index is 2.70. The van der Waals surface area contributed by atoms with Gasteiger partial charge >= 0.3 is 0 Å². The second kappa shape index (κ2) is 2.30. The van der Waals surface area contributed by atoms with Gasteiger partial charge < -0.3 is 4.90 Å². The quantitative estimate of drug-likeness (QED) is 0.497. The van der Waals surface area contributed by atoms with E-state index in [2.05, 4.69) is 32.4 Å². The van der Waals surface area contributed by atoms with Crippen LogP contribution in [-0.4, -0.2) is 18.5 Å². The molecule has 0 aromatic heterocycles. The molecular formula is C9H17N. The van der Waals surface area contributed by atoms with Crippen molar-refractivity contribution in [2.24, 2.45) is 5.41 Å². The lowest BCUT2D eigenvalue weighted by molar-refractivity contribution is 0.215. The molecule has 1 aliphatic heterocycles. The molecule has 0 atom stereocenters. The van der Waals surface area contributed by atoms with Gasteiger partial charge in [0, 0.05) is 24.7 Å². The van der Waals surface area contributed by atoms with Gasteiger partial charge in [0.25, 0.3) is 0 Å². The molecule has 1 heteroatoms. The van der Waals surface area contributed by atoms with Crippen LogP contribution >= 0.6 is 0 Å². The molecule has 1 nitrogen and oxygen atoms in total. The van der Waals surface area contributed by atoms with Gasteiger partial charge in [0.15, 0.2) is 0 Å². The lowest BCUT2D eigenvalue weighted by Gasteiger charge is -2.39. The van der Waals surface area contributed by atoms with Gasteiger partial charge in [-0.2, -0.15) is 0 Å². The zero-order valence-corrected chi connectivity index (χ0v) is 7.28. The van der Waals surface area contributed by atoms with Crippen LogP contribution in [0.3, 0.4) is 0 Å². The fraction of sp³-hybridized carbons (Fsp3) is 0.778. The fourth-order valence-corrected chi connectivity index (χ4v) is 1.55. The summed E-state index contributed by atoms with van der Waals surface area (Å²) in [4.78, 5) is 2.27. The van der Waals surface area contributed by atoms with Gasteiger partial charge in [0.2, 0.25) is 0 Å². The lowest BCUT2D eigenvalue weighted by Crippen LogP contribution is -2.34. The molecule has 0 saturated carbocycles. The van der Waals surface area contributed by atoms with Gasteiger partial charge in [-0.05, 0) is 12.8 Å². The highest BCUT2D eigenvalue weighted by atomic mass is 15.1. The minimum atomic E-state index is 0.340. The summed E-state index contributed by atoms with van der Waals surface area (Å²) in [7, 11) is 2.13. The van der Waals surface area contributed by atoms with E-state index in [1.165, 1.54) is 25.1 Å². The number of rotatable bonds is 0. The first kappa shape index (κ1) is 7.64. The van der Waals surface area contributed by atoms with Gasteiger partial charge in [-0.25, -0.2) is 0 Å². The Hall–Kier alpha value is -0.460. The predicted molar refractivity (Wildman–Crippen MR) is 44.8 cm³/mol. The summed E-state index contributed by atoms with van der Waals surface area (Å²) in [6, 6.07) is 0. The number of nitrogens with zero attached hydrogens (tertiary/aromatic N) is 1. The molecule has 0 radical (unpaired) electrons. The highest BCUT2D eigenvalue weighted by molar-refractivity contribution is 5.07. The number of hydrogen-bond donors (Lipinski definition) is 0. The molecule has 0 bridgehead atoms. The highest BCUT2D eigenvalue weighted by Gasteiger charge is 2.27. The van der Waals surface area contributed by atoms with E-state index >= 15 is 0 Å². The Morgan fingerprint density at radius 1 is 1.50 bits per heavy atom. The SMILES string of the molecule is C=C1N(C)CCCC1(C)C. The van der Waals surface area contributed by atoms with Crippen LogP contribution in [0.25, 0.3) is 0 Å². The largest absolute Gasteiger partial charge is 0.378 e. The van der Waals surface area contributed by atoms with Crippen LogP contribution in [-0.2, 0) is 0 Å². The molecule has 1 saturated heterocycles. The summed E-state index contributed by atoms with van der Waals surface area (Å²) in [6.07, 6.45) is 2.60. The van der Waals surface area contributed by atoms with E-state index in [-0.39, 0.29) is 0 Å². The molecule has 1 aliphatic rings. The van der Waals surface area contributed by atoms with Crippen LogP contribution < -0.4 is 0 Å². The van der Waals surface area contributed by atoms with Crippen molar-refractivity contribution in [3.05, 3.63) is 12.3 Å². The first-order valence-electron chi connectivity index (χ1n) is 3.94. The Bertz CT molecular complexity index is 147. The summed E-state index contributed by atoms with van der Waals surface area (Å²) in [6.45, 7) is 9.79. The van der Waals surface area contributed by atoms with Crippen molar-refractivity contribution in [1.82, 2.24) is 4.90 Å². The monoisotopic (exact) mass is 139 g/mol. The molecule has 0 aromatic carbocycles. The van der Waals surface area contributed by atoms with Crippen molar-refractivity contribution >= 4 is 0 Å². The third-order valence-electron chi connectivity index (χ3n) is 2.54. The number of allylic oxidation sites excluding steroid dienone is 1. The first-order chi connectivity index (χ1) is 4.54. The average Bonchev–Trinajstić information content (AvgIpc) is 1.83. The molecule has 1 fully saturated rings. The zero-order chi connectivity index (χ0) is 7.78. The van der Waals surface area contributed by atoms with Gasteiger partial charge in [-0.15, -0.1) is 0 Å². The summed E-state index contributed by atoms with van der Waals surface area (Å²) in [5.41, 5.74) is 1.63. The summed E-state index contributed by atoms with van der Waals surface area (Å²) < 4.78 is 0. The zero-order valence-electron chi connectivity index (χ0n) is 7.28. The van der Waals surface area contributed by atoms with Crippen LogP contribution in [0.5, 0.6) is 0 Å². The molecule has 0 aromatic rings. The molecule has 0 N–H and O–H groups in total. The van der Waals surface area contributed by atoms with E-state index in [0.717, 1.165) is 0 Å². The maximum Gasteiger partial charge on any atom is 0.0172 e. The average molecular weight is 139 g/mol. The van der Waals surface area contributed by atoms with Crippen LogP contribution in [0, 0.1) is 5.41 Å². The van der Waals surface area contributed by atoms with E-state index in [1.54, 1.807) is 0 Å². The minimum Gasteiger partial charge on any atom is -0.378 e. The van der Waals surface area contributed by atoms with E-state index in [4.69, 9.17) is 0 Å². The normalized spacial score (nSPS) is 25.1. The molecule has 0 spiro atoms. The molecule has 1 heterocycles. The van der Waals surface area contributed by atoms with Crippen molar-refractivity contribution in [1.29, 1.82) is 0 Å². The Morgan fingerprint density at radius 2 is 2.10 bits per heavy atom. The van der Waals surface area contributed by atoms with Crippen LogP contribution in [0.4, 0.5) is 0 Å². The molecular weight excluding hydrogens is 122 g/mol.